The summed E-state index contributed by atoms with van der Waals surface area (Å²) in [5.41, 5.74) is 0.885. The summed E-state index contributed by atoms with van der Waals surface area (Å²) in [5, 5.41) is 2.70. The summed E-state index contributed by atoms with van der Waals surface area (Å²) >= 11 is 0. The molecule has 2 atom stereocenters. The van der Waals surface area contributed by atoms with Crippen molar-refractivity contribution in [3.8, 4) is 11.5 Å². The zero-order valence-electron chi connectivity index (χ0n) is 15.4. The fourth-order valence-electron chi connectivity index (χ4n) is 2.17. The average Bonchev–Trinajstić information content (AvgIpc) is 2.68. The third-order valence-corrected chi connectivity index (χ3v) is 3.75. The predicted octanol–water partition coefficient (Wildman–Crippen LogP) is 2.85. The Bertz CT molecular complexity index is 761. The third-order valence-electron chi connectivity index (χ3n) is 3.75. The molecule has 1 amide bonds. The molecule has 0 aromatic heterocycles. The van der Waals surface area contributed by atoms with Crippen LogP contribution in [0, 0.1) is 5.82 Å². The van der Waals surface area contributed by atoms with E-state index in [0.29, 0.717) is 12.3 Å². The number of methoxy groups -OCH3 is 1. The van der Waals surface area contributed by atoms with Crippen LogP contribution in [-0.2, 0) is 20.9 Å². The van der Waals surface area contributed by atoms with Gasteiger partial charge in [-0.3, -0.25) is 4.79 Å². The Hall–Kier alpha value is -3.09. The predicted molar refractivity (Wildman–Crippen MR) is 96.9 cm³/mol. The first-order chi connectivity index (χ1) is 12.9. The van der Waals surface area contributed by atoms with Crippen molar-refractivity contribution in [2.24, 2.45) is 0 Å². The third kappa shape index (κ3) is 6.29. The second kappa shape index (κ2) is 9.56. The molecule has 7 heteroatoms. The smallest absolute Gasteiger partial charge is 0.347 e. The summed E-state index contributed by atoms with van der Waals surface area (Å²) in [5.74, 6) is -0.459. The minimum atomic E-state index is -0.977. The number of ether oxygens (including phenoxy) is 3. The summed E-state index contributed by atoms with van der Waals surface area (Å²) in [7, 11) is 1.58. The van der Waals surface area contributed by atoms with E-state index in [2.05, 4.69) is 5.32 Å². The molecule has 0 saturated heterocycles. The summed E-state index contributed by atoms with van der Waals surface area (Å²) in [6, 6.07) is 12.5. The number of carbonyl (C=O) groups is 2. The lowest BCUT2D eigenvalue weighted by Crippen LogP contribution is -2.38. The molecule has 2 aromatic rings. The van der Waals surface area contributed by atoms with Gasteiger partial charge in [-0.2, -0.15) is 0 Å². The summed E-state index contributed by atoms with van der Waals surface area (Å²) < 4.78 is 28.5. The van der Waals surface area contributed by atoms with Crippen LogP contribution in [-0.4, -0.2) is 31.2 Å². The maximum absolute atomic E-state index is 12.9. The van der Waals surface area contributed by atoms with Crippen molar-refractivity contribution in [1.82, 2.24) is 5.32 Å². The number of hydrogen-bond acceptors (Lipinski definition) is 5. The fourth-order valence-corrected chi connectivity index (χ4v) is 2.17. The van der Waals surface area contributed by atoms with Crippen LogP contribution in [0.3, 0.4) is 0 Å². The minimum absolute atomic E-state index is 0.298. The second-order valence-electron chi connectivity index (χ2n) is 5.86. The Morgan fingerprint density at radius 3 is 2.15 bits per heavy atom. The molecule has 0 aliphatic rings. The Balaban J connectivity index is 1.79. The van der Waals surface area contributed by atoms with Crippen LogP contribution in [0.5, 0.6) is 11.5 Å². The monoisotopic (exact) mass is 375 g/mol. The molecule has 2 rings (SSSR count). The van der Waals surface area contributed by atoms with E-state index in [9.17, 15) is 14.0 Å². The van der Waals surface area contributed by atoms with E-state index in [1.807, 2.05) is 12.1 Å². The average molecular weight is 375 g/mol. The van der Waals surface area contributed by atoms with Crippen molar-refractivity contribution < 1.29 is 28.2 Å². The highest BCUT2D eigenvalue weighted by Gasteiger charge is 2.23. The zero-order chi connectivity index (χ0) is 19.8. The van der Waals surface area contributed by atoms with Gasteiger partial charge in [0.2, 0.25) is 0 Å². The molecule has 27 heavy (non-hydrogen) atoms. The molecule has 6 nitrogen and oxygen atoms in total. The molecule has 1 N–H and O–H groups in total. The van der Waals surface area contributed by atoms with Crippen LogP contribution in [0.2, 0.25) is 0 Å². The Morgan fingerprint density at radius 2 is 1.56 bits per heavy atom. The molecule has 0 fully saturated rings. The second-order valence-corrected chi connectivity index (χ2v) is 5.86. The van der Waals surface area contributed by atoms with Crippen LogP contribution >= 0.6 is 0 Å². The number of hydrogen-bond donors (Lipinski definition) is 1. The molecule has 0 aliphatic carbocycles. The number of amides is 1. The van der Waals surface area contributed by atoms with Gasteiger partial charge < -0.3 is 19.5 Å². The maximum Gasteiger partial charge on any atom is 0.347 e. The molecule has 0 aliphatic heterocycles. The van der Waals surface area contributed by atoms with Gasteiger partial charge in [0.05, 0.1) is 7.11 Å². The van der Waals surface area contributed by atoms with E-state index in [4.69, 9.17) is 14.2 Å². The lowest BCUT2D eigenvalue weighted by atomic mass is 10.2. The first-order valence-corrected chi connectivity index (χ1v) is 8.42. The van der Waals surface area contributed by atoms with Gasteiger partial charge >= 0.3 is 5.97 Å². The van der Waals surface area contributed by atoms with Gasteiger partial charge in [0.1, 0.15) is 17.3 Å². The van der Waals surface area contributed by atoms with Crippen molar-refractivity contribution >= 4 is 11.9 Å². The van der Waals surface area contributed by atoms with Crippen LogP contribution in [0.15, 0.2) is 48.5 Å². The van der Waals surface area contributed by atoms with Gasteiger partial charge in [0, 0.05) is 6.54 Å². The van der Waals surface area contributed by atoms with Crippen molar-refractivity contribution in [2.45, 2.75) is 32.6 Å². The largest absolute Gasteiger partial charge is 0.497 e. The van der Waals surface area contributed by atoms with Crippen molar-refractivity contribution in [3.63, 3.8) is 0 Å². The van der Waals surface area contributed by atoms with E-state index in [1.165, 1.54) is 38.1 Å². The Morgan fingerprint density at radius 1 is 0.963 bits per heavy atom. The molecule has 0 heterocycles. The van der Waals surface area contributed by atoms with Gasteiger partial charge in [-0.1, -0.05) is 12.1 Å². The van der Waals surface area contributed by atoms with E-state index in [0.717, 1.165) is 11.3 Å². The highest BCUT2D eigenvalue weighted by atomic mass is 19.1. The Labute approximate surface area is 157 Å². The van der Waals surface area contributed by atoms with E-state index < -0.39 is 29.9 Å². The standard InChI is InChI=1S/C20H22FNO5/c1-13(19(23)22-12-15-4-8-17(25-3)9-5-15)27-20(24)14(2)26-18-10-6-16(21)7-11-18/h4-11,13-14H,12H2,1-3H3,(H,22,23)/t13-,14-/m1/s1. The van der Waals surface area contributed by atoms with Gasteiger partial charge in [0.15, 0.2) is 12.2 Å². The topological polar surface area (TPSA) is 73.9 Å². The molecular weight excluding hydrogens is 353 g/mol. The van der Waals surface area contributed by atoms with Gasteiger partial charge in [-0.25, -0.2) is 9.18 Å². The van der Waals surface area contributed by atoms with Gasteiger partial charge in [-0.05, 0) is 55.8 Å². The molecular formula is C20H22FNO5. The molecule has 0 bridgehead atoms. The highest BCUT2D eigenvalue weighted by Crippen LogP contribution is 2.14. The summed E-state index contributed by atoms with van der Waals surface area (Å²) in [4.78, 5) is 24.2. The van der Waals surface area contributed by atoms with Gasteiger partial charge in [0.25, 0.3) is 5.91 Å². The van der Waals surface area contributed by atoms with Crippen molar-refractivity contribution in [1.29, 1.82) is 0 Å². The number of benzene rings is 2. The molecule has 0 unspecified atom stereocenters. The summed E-state index contributed by atoms with van der Waals surface area (Å²) in [6.45, 7) is 3.27. The minimum Gasteiger partial charge on any atom is -0.497 e. The van der Waals surface area contributed by atoms with E-state index in [-0.39, 0.29) is 0 Å². The van der Waals surface area contributed by atoms with Gasteiger partial charge in [-0.15, -0.1) is 0 Å². The van der Waals surface area contributed by atoms with Crippen molar-refractivity contribution in [3.05, 3.63) is 59.9 Å². The number of carbonyl (C=O) groups excluding carboxylic acids is 2. The van der Waals surface area contributed by atoms with Crippen LogP contribution < -0.4 is 14.8 Å². The van der Waals surface area contributed by atoms with Crippen LogP contribution in [0.4, 0.5) is 4.39 Å². The van der Waals surface area contributed by atoms with Crippen molar-refractivity contribution in [2.75, 3.05) is 7.11 Å². The maximum atomic E-state index is 12.9. The summed E-state index contributed by atoms with van der Waals surface area (Å²) in [6.07, 6.45) is -1.91. The molecule has 144 valence electrons. The van der Waals surface area contributed by atoms with E-state index in [1.54, 1.807) is 19.2 Å². The number of esters is 1. The van der Waals surface area contributed by atoms with E-state index >= 15 is 0 Å². The Kier molecular flexibility index (Phi) is 7.16. The highest BCUT2D eigenvalue weighted by molar-refractivity contribution is 5.84. The molecule has 0 spiro atoms. The molecule has 0 saturated carbocycles. The SMILES string of the molecule is COc1ccc(CNC(=O)[C@@H](C)OC(=O)[C@@H](C)Oc2ccc(F)cc2)cc1. The first-order valence-electron chi connectivity index (χ1n) is 8.42. The first kappa shape index (κ1) is 20.2. The molecule has 2 aromatic carbocycles. The number of halogens is 1. The number of nitrogens with one attached hydrogen (secondary N) is 1. The lowest BCUT2D eigenvalue weighted by molar-refractivity contribution is -0.160. The van der Waals surface area contributed by atoms with Crippen LogP contribution in [0.1, 0.15) is 19.4 Å². The zero-order valence-corrected chi connectivity index (χ0v) is 15.4. The fraction of sp³-hybridized carbons (Fsp3) is 0.300. The normalized spacial score (nSPS) is 12.6. The van der Waals surface area contributed by atoms with Crippen LogP contribution in [0.25, 0.3) is 0 Å². The quantitative estimate of drug-likeness (QED) is 0.718. The molecule has 0 radical (unpaired) electrons. The number of rotatable bonds is 8. The lowest BCUT2D eigenvalue weighted by Gasteiger charge is -2.18.